The van der Waals surface area contributed by atoms with Gasteiger partial charge in [0.1, 0.15) is 10.6 Å². The van der Waals surface area contributed by atoms with Gasteiger partial charge in [-0.2, -0.15) is 0 Å². The van der Waals surface area contributed by atoms with Crippen molar-refractivity contribution in [3.63, 3.8) is 0 Å². The summed E-state index contributed by atoms with van der Waals surface area (Å²) in [5, 5.41) is 6.37. The van der Waals surface area contributed by atoms with Crippen LogP contribution < -0.4 is 5.32 Å². The molecular formula is C16H23N3O3S. The van der Waals surface area contributed by atoms with Crippen LogP contribution in [0.4, 0.5) is 5.82 Å². The third-order valence-corrected chi connectivity index (χ3v) is 4.60. The van der Waals surface area contributed by atoms with Crippen molar-refractivity contribution in [3.8, 4) is 0 Å². The lowest BCUT2D eigenvalue weighted by Crippen LogP contribution is -2.18. The monoisotopic (exact) mass is 337 g/mol. The number of rotatable bonds is 5. The normalized spacial score (nSPS) is 20.1. The van der Waals surface area contributed by atoms with E-state index in [-0.39, 0.29) is 5.82 Å². The van der Waals surface area contributed by atoms with Crippen LogP contribution in [0.25, 0.3) is 10.2 Å². The average Bonchev–Trinajstić information content (AvgIpc) is 3.23. The van der Waals surface area contributed by atoms with Crippen molar-refractivity contribution in [2.75, 3.05) is 26.1 Å². The Morgan fingerprint density at radius 1 is 1.39 bits per heavy atom. The van der Waals surface area contributed by atoms with Gasteiger partial charge in [0.15, 0.2) is 12.1 Å². The molecular weight excluding hydrogens is 314 g/mol. The van der Waals surface area contributed by atoms with E-state index in [4.69, 9.17) is 4.74 Å². The molecule has 0 spiro atoms. The van der Waals surface area contributed by atoms with E-state index in [2.05, 4.69) is 20.0 Å². The van der Waals surface area contributed by atoms with Gasteiger partial charge < -0.3 is 14.8 Å². The molecule has 3 rings (SSSR count). The number of aromatic nitrogens is 2. The number of methoxy groups -OCH3 is 2. The lowest BCUT2D eigenvalue weighted by Gasteiger charge is -2.14. The van der Waals surface area contributed by atoms with Gasteiger partial charge in [0, 0.05) is 26.9 Å². The van der Waals surface area contributed by atoms with Crippen LogP contribution in [-0.2, 0) is 9.47 Å². The fourth-order valence-corrected chi connectivity index (χ4v) is 3.28. The number of hydrogen-bond acceptors (Lipinski definition) is 7. The molecule has 0 amide bonds. The zero-order valence-corrected chi connectivity index (χ0v) is 14.6. The summed E-state index contributed by atoms with van der Waals surface area (Å²) in [4.78, 5) is 20.2. The molecule has 2 aromatic heterocycles. The standard InChI is InChI=1S/C13H15N3O2S.C3H8O/c1-18-9-3-2-8(6-9)14-12-10-4-5-19-13(10)16-11(7-17)15-12;1-3-4-2/h4-5,7-9H,2-3,6H2,1H3,(H,14,15,16);3H2,1-2H3. The lowest BCUT2D eigenvalue weighted by atomic mass is 10.2. The molecule has 2 heterocycles. The number of nitrogens with one attached hydrogen (secondary N) is 1. The molecule has 0 radical (unpaired) electrons. The molecule has 2 aromatic rings. The maximum absolute atomic E-state index is 10.9. The van der Waals surface area contributed by atoms with Crippen LogP contribution in [0.1, 0.15) is 36.8 Å². The van der Waals surface area contributed by atoms with Gasteiger partial charge >= 0.3 is 0 Å². The van der Waals surface area contributed by atoms with Crippen LogP contribution in [-0.4, -0.2) is 49.2 Å². The van der Waals surface area contributed by atoms with E-state index in [1.165, 1.54) is 11.3 Å². The molecule has 6 nitrogen and oxygen atoms in total. The number of ether oxygens (including phenoxy) is 2. The SMILES string of the molecule is CCOC.COC1CCC(Nc2nc(C=O)nc3sccc23)C1. The highest BCUT2D eigenvalue weighted by Gasteiger charge is 2.25. The summed E-state index contributed by atoms with van der Waals surface area (Å²) < 4.78 is 9.91. The van der Waals surface area contributed by atoms with Crippen LogP contribution in [0, 0.1) is 0 Å². The first-order chi connectivity index (χ1) is 11.2. The Labute approximate surface area is 140 Å². The molecule has 0 saturated heterocycles. The van der Waals surface area contributed by atoms with Gasteiger partial charge in [-0.25, -0.2) is 9.97 Å². The van der Waals surface area contributed by atoms with E-state index >= 15 is 0 Å². The minimum Gasteiger partial charge on any atom is -0.385 e. The Morgan fingerprint density at radius 2 is 2.17 bits per heavy atom. The maximum Gasteiger partial charge on any atom is 0.196 e. The Balaban J connectivity index is 0.000000433. The summed E-state index contributed by atoms with van der Waals surface area (Å²) in [5.74, 6) is 0.994. The van der Waals surface area contributed by atoms with Gasteiger partial charge in [0.2, 0.25) is 0 Å². The van der Waals surface area contributed by atoms with Gasteiger partial charge in [0.25, 0.3) is 0 Å². The maximum atomic E-state index is 10.9. The van der Waals surface area contributed by atoms with Crippen molar-refractivity contribution >= 4 is 33.7 Å². The average molecular weight is 337 g/mol. The Hall–Kier alpha value is -1.57. The van der Waals surface area contributed by atoms with Crippen LogP contribution >= 0.6 is 11.3 Å². The second-order valence-corrected chi connectivity index (χ2v) is 6.17. The van der Waals surface area contributed by atoms with E-state index in [1.807, 2.05) is 18.4 Å². The molecule has 1 N–H and O–H groups in total. The van der Waals surface area contributed by atoms with E-state index in [0.717, 1.165) is 41.9 Å². The Bertz CT molecular complexity index is 630. The summed E-state index contributed by atoms with van der Waals surface area (Å²) in [7, 11) is 3.43. The third kappa shape index (κ3) is 4.70. The highest BCUT2D eigenvalue weighted by molar-refractivity contribution is 7.16. The number of anilines is 1. The minimum absolute atomic E-state index is 0.235. The second kappa shape index (κ2) is 8.90. The van der Waals surface area contributed by atoms with Crippen LogP contribution in [0.2, 0.25) is 0 Å². The third-order valence-electron chi connectivity index (χ3n) is 3.80. The van der Waals surface area contributed by atoms with Crippen molar-refractivity contribution in [1.29, 1.82) is 0 Å². The zero-order chi connectivity index (χ0) is 16.7. The molecule has 1 saturated carbocycles. The van der Waals surface area contributed by atoms with Crippen LogP contribution in [0.3, 0.4) is 0 Å². The molecule has 7 heteroatoms. The van der Waals surface area contributed by atoms with Crippen molar-refractivity contribution < 1.29 is 14.3 Å². The Morgan fingerprint density at radius 3 is 2.78 bits per heavy atom. The zero-order valence-electron chi connectivity index (χ0n) is 13.7. The first-order valence-corrected chi connectivity index (χ1v) is 8.58. The number of hydrogen-bond donors (Lipinski definition) is 1. The molecule has 2 unspecified atom stereocenters. The topological polar surface area (TPSA) is 73.3 Å². The number of fused-ring (bicyclic) bond motifs is 1. The summed E-state index contributed by atoms with van der Waals surface area (Å²) >= 11 is 1.52. The van der Waals surface area contributed by atoms with Crippen molar-refractivity contribution in [2.45, 2.75) is 38.3 Å². The van der Waals surface area contributed by atoms with Crippen molar-refractivity contribution in [2.24, 2.45) is 0 Å². The summed E-state index contributed by atoms with van der Waals surface area (Å²) in [6.07, 6.45) is 4.11. The predicted octanol–water partition coefficient (Wildman–Crippen LogP) is 3.14. The molecule has 0 aromatic carbocycles. The van der Waals surface area contributed by atoms with Crippen LogP contribution in [0.15, 0.2) is 11.4 Å². The molecule has 126 valence electrons. The molecule has 23 heavy (non-hydrogen) atoms. The molecule has 2 atom stereocenters. The van der Waals surface area contributed by atoms with Crippen LogP contribution in [0.5, 0.6) is 0 Å². The largest absolute Gasteiger partial charge is 0.385 e. The second-order valence-electron chi connectivity index (χ2n) is 5.28. The number of nitrogens with zero attached hydrogens (tertiary/aromatic N) is 2. The number of thiophene rings is 1. The van der Waals surface area contributed by atoms with Crippen molar-refractivity contribution in [1.82, 2.24) is 9.97 Å². The summed E-state index contributed by atoms with van der Waals surface area (Å²) in [6, 6.07) is 2.34. The molecule has 1 fully saturated rings. The molecule has 0 aliphatic heterocycles. The fraction of sp³-hybridized carbons (Fsp3) is 0.562. The van der Waals surface area contributed by atoms with Crippen molar-refractivity contribution in [3.05, 3.63) is 17.3 Å². The summed E-state index contributed by atoms with van der Waals surface area (Å²) in [5.41, 5.74) is 0. The predicted molar refractivity (Wildman–Crippen MR) is 92.4 cm³/mol. The quantitative estimate of drug-likeness (QED) is 0.845. The van der Waals surface area contributed by atoms with E-state index < -0.39 is 0 Å². The van der Waals surface area contributed by atoms with E-state index in [0.29, 0.717) is 18.4 Å². The fourth-order valence-electron chi connectivity index (χ4n) is 2.51. The minimum atomic E-state index is 0.235. The van der Waals surface area contributed by atoms with E-state index in [9.17, 15) is 4.79 Å². The first-order valence-electron chi connectivity index (χ1n) is 7.70. The first kappa shape index (κ1) is 17.8. The molecule has 0 bridgehead atoms. The highest BCUT2D eigenvalue weighted by Crippen LogP contribution is 2.29. The van der Waals surface area contributed by atoms with Gasteiger partial charge in [0.05, 0.1) is 11.5 Å². The molecule has 1 aliphatic carbocycles. The smallest absolute Gasteiger partial charge is 0.196 e. The van der Waals surface area contributed by atoms with Gasteiger partial charge in [-0.15, -0.1) is 11.3 Å². The number of aldehydes is 1. The van der Waals surface area contributed by atoms with Gasteiger partial charge in [-0.05, 0) is 37.6 Å². The molecule has 1 aliphatic rings. The lowest BCUT2D eigenvalue weighted by molar-refractivity contribution is 0.108. The number of carbonyl (C=O) groups excluding carboxylic acids is 1. The highest BCUT2D eigenvalue weighted by atomic mass is 32.1. The van der Waals surface area contributed by atoms with Gasteiger partial charge in [-0.3, -0.25) is 4.79 Å². The Kier molecular flexibility index (Phi) is 6.88. The van der Waals surface area contributed by atoms with E-state index in [1.54, 1.807) is 14.2 Å². The van der Waals surface area contributed by atoms with Gasteiger partial charge in [-0.1, -0.05) is 0 Å². The summed E-state index contributed by atoms with van der Waals surface area (Å²) in [6.45, 7) is 2.78. The number of carbonyl (C=O) groups is 1.